The van der Waals surface area contributed by atoms with Crippen LogP contribution < -0.4 is 15.0 Å². The van der Waals surface area contributed by atoms with Crippen LogP contribution in [0.1, 0.15) is 18.0 Å². The Kier molecular flexibility index (Phi) is 4.17. The van der Waals surface area contributed by atoms with Crippen LogP contribution in [-0.2, 0) is 4.74 Å². The zero-order valence-electron chi connectivity index (χ0n) is 14.6. The molecule has 140 valence electrons. The standard InChI is InChI=1S/C18H19N5O3S/c24-11-1-2-14-12(9-11)13(3-6-26-14)21-16-15-17(20-10-19-16)22-18(27-15)23-4-7-25-8-5-23/h1-2,9-10,13,24H,3-8H2,(H,19,20,21)/t13-/m1/s1. The number of hydrogen-bond acceptors (Lipinski definition) is 9. The molecular formula is C18H19N5O3S. The van der Waals surface area contributed by atoms with Crippen LogP contribution in [0.2, 0.25) is 0 Å². The van der Waals surface area contributed by atoms with Gasteiger partial charge in [-0.15, -0.1) is 0 Å². The molecule has 2 aromatic heterocycles. The molecule has 0 aliphatic carbocycles. The molecule has 9 heteroatoms. The third-order valence-electron chi connectivity index (χ3n) is 4.81. The number of nitrogens with one attached hydrogen (secondary N) is 1. The van der Waals surface area contributed by atoms with Gasteiger partial charge in [-0.05, 0) is 18.2 Å². The lowest BCUT2D eigenvalue weighted by Gasteiger charge is -2.27. The quantitative estimate of drug-likeness (QED) is 0.711. The minimum Gasteiger partial charge on any atom is -0.508 e. The highest BCUT2D eigenvalue weighted by Crippen LogP contribution is 2.38. The maximum atomic E-state index is 9.86. The molecule has 0 radical (unpaired) electrons. The highest BCUT2D eigenvalue weighted by atomic mass is 32.1. The summed E-state index contributed by atoms with van der Waals surface area (Å²) in [5, 5.41) is 14.3. The van der Waals surface area contributed by atoms with E-state index in [-0.39, 0.29) is 11.8 Å². The molecule has 0 unspecified atom stereocenters. The number of nitrogens with zero attached hydrogens (tertiary/aromatic N) is 4. The molecule has 5 rings (SSSR count). The van der Waals surface area contributed by atoms with Crippen LogP contribution in [0.15, 0.2) is 24.5 Å². The molecule has 27 heavy (non-hydrogen) atoms. The molecule has 1 saturated heterocycles. The summed E-state index contributed by atoms with van der Waals surface area (Å²) in [6.45, 7) is 3.72. The molecule has 8 nitrogen and oxygen atoms in total. The van der Waals surface area contributed by atoms with E-state index in [1.807, 2.05) is 0 Å². The van der Waals surface area contributed by atoms with Crippen molar-refractivity contribution in [1.82, 2.24) is 15.0 Å². The molecule has 1 fully saturated rings. The number of phenolic OH excluding ortho intramolecular Hbond substituents is 1. The number of anilines is 2. The molecule has 0 saturated carbocycles. The molecular weight excluding hydrogens is 366 g/mol. The number of aromatic nitrogens is 3. The Hall–Kier alpha value is -2.65. The van der Waals surface area contributed by atoms with Gasteiger partial charge in [-0.3, -0.25) is 0 Å². The third-order valence-corrected chi connectivity index (χ3v) is 5.92. The van der Waals surface area contributed by atoms with Crippen LogP contribution in [-0.4, -0.2) is 53.0 Å². The minimum atomic E-state index is 0.00730. The summed E-state index contributed by atoms with van der Waals surface area (Å²) in [7, 11) is 0. The van der Waals surface area contributed by atoms with Crippen molar-refractivity contribution in [3.63, 3.8) is 0 Å². The molecule has 0 amide bonds. The van der Waals surface area contributed by atoms with Crippen molar-refractivity contribution in [3.8, 4) is 11.5 Å². The van der Waals surface area contributed by atoms with E-state index in [4.69, 9.17) is 9.47 Å². The van der Waals surface area contributed by atoms with Crippen molar-refractivity contribution in [2.45, 2.75) is 12.5 Å². The number of thiazole rings is 1. The van der Waals surface area contributed by atoms with Crippen molar-refractivity contribution >= 4 is 32.6 Å². The Balaban J connectivity index is 1.47. The molecule has 3 aromatic rings. The summed E-state index contributed by atoms with van der Waals surface area (Å²) in [5.41, 5.74) is 1.63. The van der Waals surface area contributed by atoms with Gasteiger partial charge in [-0.2, -0.15) is 4.98 Å². The van der Waals surface area contributed by atoms with Gasteiger partial charge in [0.1, 0.15) is 28.3 Å². The lowest BCUT2D eigenvalue weighted by atomic mass is 10.0. The summed E-state index contributed by atoms with van der Waals surface area (Å²) in [6, 6.07) is 5.20. The van der Waals surface area contributed by atoms with Crippen LogP contribution in [0.25, 0.3) is 10.3 Å². The second-order valence-corrected chi connectivity index (χ2v) is 7.50. The number of fused-ring (bicyclic) bond motifs is 2. The monoisotopic (exact) mass is 385 g/mol. The van der Waals surface area contributed by atoms with E-state index in [1.54, 1.807) is 29.5 Å². The lowest BCUT2D eigenvalue weighted by Crippen LogP contribution is -2.36. The lowest BCUT2D eigenvalue weighted by molar-refractivity contribution is 0.122. The van der Waals surface area contributed by atoms with E-state index < -0.39 is 0 Å². The van der Waals surface area contributed by atoms with E-state index in [9.17, 15) is 5.11 Å². The highest BCUT2D eigenvalue weighted by molar-refractivity contribution is 7.22. The van der Waals surface area contributed by atoms with Gasteiger partial charge >= 0.3 is 0 Å². The first-order valence-corrected chi connectivity index (χ1v) is 9.76. The number of benzene rings is 1. The van der Waals surface area contributed by atoms with Gasteiger partial charge in [0.05, 0.1) is 25.9 Å². The van der Waals surface area contributed by atoms with Crippen molar-refractivity contribution in [2.24, 2.45) is 0 Å². The van der Waals surface area contributed by atoms with E-state index >= 15 is 0 Å². The summed E-state index contributed by atoms with van der Waals surface area (Å²) in [4.78, 5) is 15.7. The van der Waals surface area contributed by atoms with Crippen molar-refractivity contribution < 1.29 is 14.6 Å². The third kappa shape index (κ3) is 3.13. The van der Waals surface area contributed by atoms with Crippen LogP contribution >= 0.6 is 11.3 Å². The first kappa shape index (κ1) is 16.5. The van der Waals surface area contributed by atoms with Gasteiger partial charge < -0.3 is 24.8 Å². The fourth-order valence-corrected chi connectivity index (χ4v) is 4.46. The largest absolute Gasteiger partial charge is 0.508 e. The van der Waals surface area contributed by atoms with E-state index in [0.717, 1.165) is 59.7 Å². The number of hydrogen-bond donors (Lipinski definition) is 2. The Morgan fingerprint density at radius 2 is 2.07 bits per heavy atom. The second-order valence-electron chi connectivity index (χ2n) is 6.53. The van der Waals surface area contributed by atoms with Crippen LogP contribution in [0, 0.1) is 0 Å². The van der Waals surface area contributed by atoms with Gasteiger partial charge in [0.15, 0.2) is 10.8 Å². The molecule has 1 aromatic carbocycles. The molecule has 0 bridgehead atoms. The zero-order chi connectivity index (χ0) is 18.2. The number of morpholine rings is 1. The number of rotatable bonds is 3. The summed E-state index contributed by atoms with van der Waals surface area (Å²) in [5.74, 6) is 1.78. The van der Waals surface area contributed by atoms with E-state index in [2.05, 4.69) is 25.2 Å². The fourth-order valence-electron chi connectivity index (χ4n) is 3.43. The normalized spacial score (nSPS) is 19.6. The predicted octanol–water partition coefficient (Wildman–Crippen LogP) is 2.56. The molecule has 4 heterocycles. The van der Waals surface area contributed by atoms with Gasteiger partial charge in [0.2, 0.25) is 0 Å². The van der Waals surface area contributed by atoms with Crippen molar-refractivity contribution in [3.05, 3.63) is 30.1 Å². The Morgan fingerprint density at radius 3 is 2.96 bits per heavy atom. The fraction of sp³-hybridized carbons (Fsp3) is 0.389. The van der Waals surface area contributed by atoms with Crippen molar-refractivity contribution in [1.29, 1.82) is 0 Å². The van der Waals surface area contributed by atoms with E-state index in [0.29, 0.717) is 12.3 Å². The van der Waals surface area contributed by atoms with Crippen LogP contribution in [0.5, 0.6) is 11.5 Å². The molecule has 2 aliphatic rings. The maximum Gasteiger partial charge on any atom is 0.188 e. The zero-order valence-corrected chi connectivity index (χ0v) is 15.4. The van der Waals surface area contributed by atoms with Gasteiger partial charge in [-0.25, -0.2) is 9.97 Å². The smallest absolute Gasteiger partial charge is 0.188 e. The predicted molar refractivity (Wildman–Crippen MR) is 103 cm³/mol. The first-order chi connectivity index (χ1) is 13.3. The first-order valence-electron chi connectivity index (χ1n) is 8.94. The van der Waals surface area contributed by atoms with Crippen LogP contribution in [0.4, 0.5) is 10.9 Å². The average molecular weight is 385 g/mol. The van der Waals surface area contributed by atoms with Gasteiger partial charge in [0, 0.05) is 25.1 Å². The number of aromatic hydroxyl groups is 1. The Morgan fingerprint density at radius 1 is 1.19 bits per heavy atom. The van der Waals surface area contributed by atoms with Crippen LogP contribution in [0.3, 0.4) is 0 Å². The summed E-state index contributed by atoms with van der Waals surface area (Å²) >= 11 is 1.59. The van der Waals surface area contributed by atoms with Gasteiger partial charge in [-0.1, -0.05) is 11.3 Å². The van der Waals surface area contributed by atoms with E-state index in [1.165, 1.54) is 6.33 Å². The average Bonchev–Trinajstić information content (AvgIpc) is 3.15. The topological polar surface area (TPSA) is 92.6 Å². The Bertz CT molecular complexity index is 973. The molecule has 2 aliphatic heterocycles. The summed E-state index contributed by atoms with van der Waals surface area (Å²) < 4.78 is 12.1. The second kappa shape index (κ2) is 6.82. The number of phenols is 1. The number of ether oxygens (including phenoxy) is 2. The highest BCUT2D eigenvalue weighted by Gasteiger charge is 2.24. The van der Waals surface area contributed by atoms with Gasteiger partial charge in [0.25, 0.3) is 0 Å². The maximum absolute atomic E-state index is 9.86. The van der Waals surface area contributed by atoms with Crippen molar-refractivity contribution in [2.75, 3.05) is 43.1 Å². The molecule has 1 atom stereocenters. The molecule has 0 spiro atoms. The Labute approximate surface area is 159 Å². The molecule has 2 N–H and O–H groups in total. The minimum absolute atomic E-state index is 0.00730. The SMILES string of the molecule is Oc1ccc2c(c1)[C@H](Nc1ncnc3nc(N4CCOCC4)sc13)CCO2. The summed E-state index contributed by atoms with van der Waals surface area (Å²) in [6.07, 6.45) is 2.33.